The maximum absolute atomic E-state index is 12.7. The van der Waals surface area contributed by atoms with Gasteiger partial charge < -0.3 is 19.5 Å². The summed E-state index contributed by atoms with van der Waals surface area (Å²) in [7, 11) is 1.69. The van der Waals surface area contributed by atoms with Crippen molar-refractivity contribution >= 4 is 33.1 Å². The lowest BCUT2D eigenvalue weighted by Crippen LogP contribution is -2.49. The Labute approximate surface area is 144 Å². The van der Waals surface area contributed by atoms with Gasteiger partial charge in [-0.3, -0.25) is 4.79 Å². The van der Waals surface area contributed by atoms with Crippen LogP contribution in [-0.4, -0.2) is 49.1 Å². The number of rotatable bonds is 3. The van der Waals surface area contributed by atoms with Crippen molar-refractivity contribution in [3.63, 3.8) is 0 Å². The highest BCUT2D eigenvalue weighted by Crippen LogP contribution is 2.29. The maximum atomic E-state index is 12.7. The number of para-hydroxylation sites is 2. The molecule has 24 heavy (non-hydrogen) atoms. The molecule has 0 unspecified atom stereocenters. The molecule has 3 heterocycles. The molecule has 2 aromatic heterocycles. The number of benzene rings is 1. The Balaban J connectivity index is 1.45. The van der Waals surface area contributed by atoms with Gasteiger partial charge in [0.05, 0.1) is 23.0 Å². The molecule has 3 aromatic rings. The van der Waals surface area contributed by atoms with Crippen LogP contribution < -0.4 is 9.64 Å². The van der Waals surface area contributed by atoms with E-state index in [2.05, 4.69) is 16.0 Å². The minimum Gasteiger partial charge on any atom is -0.495 e. The largest absolute Gasteiger partial charge is 0.495 e. The first-order valence-electron chi connectivity index (χ1n) is 8.00. The lowest BCUT2D eigenvalue weighted by atomic mass is 10.2. The number of carbonyl (C=O) groups is 1. The fraction of sp³-hybridized carbons (Fsp3) is 0.278. The highest BCUT2D eigenvalue weighted by Gasteiger charge is 2.24. The average molecular weight is 341 g/mol. The van der Waals surface area contributed by atoms with Gasteiger partial charge in [-0.25, -0.2) is 0 Å². The summed E-state index contributed by atoms with van der Waals surface area (Å²) in [5.74, 6) is 0.958. The molecule has 0 bridgehead atoms. The summed E-state index contributed by atoms with van der Waals surface area (Å²) in [6, 6.07) is 12.0. The van der Waals surface area contributed by atoms with Crippen molar-refractivity contribution < 1.29 is 9.53 Å². The van der Waals surface area contributed by atoms with Crippen LogP contribution in [0.5, 0.6) is 5.75 Å². The Morgan fingerprint density at radius 3 is 2.71 bits per heavy atom. The SMILES string of the molecule is COc1ccccc1N1CCN(C(=O)c2cc3sccc3[nH]2)CC1. The Hall–Kier alpha value is -2.47. The summed E-state index contributed by atoms with van der Waals surface area (Å²) < 4.78 is 6.57. The predicted octanol–water partition coefficient (Wildman–Crippen LogP) is 3.20. The van der Waals surface area contributed by atoms with E-state index in [1.807, 2.05) is 40.6 Å². The van der Waals surface area contributed by atoms with Gasteiger partial charge in [0.15, 0.2) is 0 Å². The summed E-state index contributed by atoms with van der Waals surface area (Å²) in [5, 5.41) is 2.03. The van der Waals surface area contributed by atoms with Crippen molar-refractivity contribution in [3.05, 3.63) is 47.5 Å². The van der Waals surface area contributed by atoms with Crippen LogP contribution in [0, 0.1) is 0 Å². The highest BCUT2D eigenvalue weighted by atomic mass is 32.1. The Morgan fingerprint density at radius 1 is 1.17 bits per heavy atom. The number of hydrogen-bond acceptors (Lipinski definition) is 4. The fourth-order valence-corrected chi connectivity index (χ4v) is 3.96. The van der Waals surface area contributed by atoms with Crippen molar-refractivity contribution in [1.82, 2.24) is 9.88 Å². The summed E-state index contributed by atoms with van der Waals surface area (Å²) >= 11 is 1.65. The van der Waals surface area contributed by atoms with Crippen LogP contribution in [0.25, 0.3) is 10.2 Å². The molecule has 0 aliphatic carbocycles. The topological polar surface area (TPSA) is 48.6 Å². The molecule has 1 aliphatic heterocycles. The molecule has 0 atom stereocenters. The van der Waals surface area contributed by atoms with E-state index >= 15 is 0 Å². The van der Waals surface area contributed by atoms with Gasteiger partial charge >= 0.3 is 0 Å². The molecular formula is C18H19N3O2S. The van der Waals surface area contributed by atoms with Crippen molar-refractivity contribution in [3.8, 4) is 5.75 Å². The van der Waals surface area contributed by atoms with E-state index in [9.17, 15) is 4.79 Å². The number of nitrogens with zero attached hydrogens (tertiary/aromatic N) is 2. The number of thiophene rings is 1. The molecule has 6 heteroatoms. The molecule has 4 rings (SSSR count). The molecule has 124 valence electrons. The van der Waals surface area contributed by atoms with Crippen LogP contribution in [0.1, 0.15) is 10.5 Å². The molecule has 1 N–H and O–H groups in total. The molecule has 1 fully saturated rings. The fourth-order valence-electron chi connectivity index (χ4n) is 3.18. The first-order valence-corrected chi connectivity index (χ1v) is 8.87. The monoisotopic (exact) mass is 341 g/mol. The second-order valence-electron chi connectivity index (χ2n) is 5.83. The van der Waals surface area contributed by atoms with Gasteiger partial charge in [-0.15, -0.1) is 11.3 Å². The number of nitrogens with one attached hydrogen (secondary N) is 1. The van der Waals surface area contributed by atoms with E-state index in [1.165, 1.54) is 0 Å². The van der Waals surface area contributed by atoms with E-state index < -0.39 is 0 Å². The number of amides is 1. The highest BCUT2D eigenvalue weighted by molar-refractivity contribution is 7.17. The number of methoxy groups -OCH3 is 1. The number of carbonyl (C=O) groups excluding carboxylic acids is 1. The molecule has 5 nitrogen and oxygen atoms in total. The minimum atomic E-state index is 0.0816. The van der Waals surface area contributed by atoms with Crippen LogP contribution in [0.3, 0.4) is 0 Å². The molecule has 0 saturated carbocycles. The summed E-state index contributed by atoms with van der Waals surface area (Å²) in [6.45, 7) is 3.04. The normalized spacial score (nSPS) is 15.0. The van der Waals surface area contributed by atoms with Crippen LogP contribution in [-0.2, 0) is 0 Å². The van der Waals surface area contributed by atoms with Gasteiger partial charge in [0.25, 0.3) is 5.91 Å². The average Bonchev–Trinajstić information content (AvgIpc) is 3.23. The lowest BCUT2D eigenvalue weighted by molar-refractivity contribution is 0.0742. The van der Waals surface area contributed by atoms with E-state index in [0.29, 0.717) is 18.8 Å². The van der Waals surface area contributed by atoms with Gasteiger partial charge in [-0.2, -0.15) is 0 Å². The van der Waals surface area contributed by atoms with Gasteiger partial charge in [0.2, 0.25) is 0 Å². The lowest BCUT2D eigenvalue weighted by Gasteiger charge is -2.36. The minimum absolute atomic E-state index is 0.0816. The standard InChI is InChI=1S/C18H19N3O2S/c1-23-16-5-3-2-4-15(16)20-7-9-21(10-8-20)18(22)14-12-17-13(19-14)6-11-24-17/h2-6,11-12,19H,7-10H2,1H3. The number of fused-ring (bicyclic) bond motifs is 1. The summed E-state index contributed by atoms with van der Waals surface area (Å²) in [4.78, 5) is 20.1. The summed E-state index contributed by atoms with van der Waals surface area (Å²) in [6.07, 6.45) is 0. The van der Waals surface area contributed by atoms with Crippen molar-refractivity contribution in [2.45, 2.75) is 0 Å². The Bertz CT molecular complexity index is 833. The van der Waals surface area contributed by atoms with E-state index in [-0.39, 0.29) is 5.91 Å². The van der Waals surface area contributed by atoms with E-state index in [1.54, 1.807) is 18.4 Å². The maximum Gasteiger partial charge on any atom is 0.270 e. The quantitative estimate of drug-likeness (QED) is 0.796. The van der Waals surface area contributed by atoms with Gasteiger partial charge in [-0.05, 0) is 29.6 Å². The van der Waals surface area contributed by atoms with E-state index in [4.69, 9.17) is 4.74 Å². The third-order valence-corrected chi connectivity index (χ3v) is 5.33. The van der Waals surface area contributed by atoms with Gasteiger partial charge in [0, 0.05) is 26.2 Å². The van der Waals surface area contributed by atoms with Crippen molar-refractivity contribution in [2.24, 2.45) is 0 Å². The molecule has 1 aliphatic rings. The van der Waals surface area contributed by atoms with Gasteiger partial charge in [0.1, 0.15) is 11.4 Å². The molecular weight excluding hydrogens is 322 g/mol. The number of aromatic nitrogens is 1. The van der Waals surface area contributed by atoms with E-state index in [0.717, 1.165) is 34.7 Å². The Kier molecular flexibility index (Phi) is 3.90. The molecule has 0 radical (unpaired) electrons. The molecule has 1 saturated heterocycles. The predicted molar refractivity (Wildman–Crippen MR) is 97.3 cm³/mol. The second-order valence-corrected chi connectivity index (χ2v) is 6.78. The smallest absolute Gasteiger partial charge is 0.270 e. The van der Waals surface area contributed by atoms with Crippen LogP contribution >= 0.6 is 11.3 Å². The number of piperazine rings is 1. The number of hydrogen-bond donors (Lipinski definition) is 1. The van der Waals surface area contributed by atoms with Gasteiger partial charge in [-0.1, -0.05) is 12.1 Å². The number of H-pyrrole nitrogens is 1. The summed E-state index contributed by atoms with van der Waals surface area (Å²) in [5.41, 5.74) is 2.81. The van der Waals surface area contributed by atoms with Crippen LogP contribution in [0.2, 0.25) is 0 Å². The molecule has 1 aromatic carbocycles. The Morgan fingerprint density at radius 2 is 1.96 bits per heavy atom. The zero-order valence-electron chi connectivity index (χ0n) is 13.5. The van der Waals surface area contributed by atoms with Crippen LogP contribution in [0.15, 0.2) is 41.8 Å². The first-order chi connectivity index (χ1) is 11.8. The first kappa shape index (κ1) is 15.1. The molecule has 0 spiro atoms. The number of aromatic amines is 1. The second kappa shape index (κ2) is 6.20. The van der Waals surface area contributed by atoms with Crippen LogP contribution in [0.4, 0.5) is 5.69 Å². The number of anilines is 1. The zero-order chi connectivity index (χ0) is 16.5. The van der Waals surface area contributed by atoms with Crippen molar-refractivity contribution in [2.75, 3.05) is 38.2 Å². The zero-order valence-corrected chi connectivity index (χ0v) is 14.3. The third kappa shape index (κ3) is 2.63. The molecule has 1 amide bonds. The third-order valence-electron chi connectivity index (χ3n) is 4.46. The van der Waals surface area contributed by atoms with Crippen molar-refractivity contribution in [1.29, 1.82) is 0 Å². The number of ether oxygens (including phenoxy) is 1.